The largest absolute Gasteiger partial charge is 0.309 e. The van der Waals surface area contributed by atoms with Gasteiger partial charge in [-0.1, -0.05) is 109 Å². The normalized spacial score (nSPS) is 11.9. The van der Waals surface area contributed by atoms with Gasteiger partial charge in [0.15, 0.2) is 0 Å². The Hall–Kier alpha value is -7.64. The van der Waals surface area contributed by atoms with E-state index >= 15 is 0 Å². The summed E-state index contributed by atoms with van der Waals surface area (Å²) in [6, 6.07) is 74.5. The zero-order valence-electron chi connectivity index (χ0n) is 33.2. The van der Waals surface area contributed by atoms with E-state index in [-0.39, 0.29) is 0 Å². The van der Waals surface area contributed by atoms with E-state index in [1.807, 2.05) is 0 Å². The van der Waals surface area contributed by atoms with Crippen molar-refractivity contribution in [3.05, 3.63) is 206 Å². The first-order chi connectivity index (χ1) is 30.7. The molecule has 0 atom stereocenters. The van der Waals surface area contributed by atoms with E-state index in [0.29, 0.717) is 0 Å². The van der Waals surface area contributed by atoms with Crippen LogP contribution in [-0.2, 0) is 0 Å². The smallest absolute Gasteiger partial charge is 0.124 e. The predicted molar refractivity (Wildman–Crippen MR) is 263 cm³/mol. The van der Waals surface area contributed by atoms with Crippen LogP contribution in [0.4, 0.5) is 0 Å². The average molecular weight is 827 g/mol. The van der Waals surface area contributed by atoms with Gasteiger partial charge in [-0.2, -0.15) is 0 Å². The summed E-state index contributed by atoms with van der Waals surface area (Å²) in [6.07, 6.45) is 0. The SMILES string of the molecule is c1ccc2sc(-c3ccc4c(c3)c3ccccc3n4-c3ccc(-c4ccc(-c5ccc(-n6c7ccccc7c7cc(-c8nc9ccccc9s8)ccc76)cc5)cc4)cc3)nc2c1. The van der Waals surface area contributed by atoms with Gasteiger partial charge in [-0.25, -0.2) is 9.97 Å². The molecule has 0 N–H and O–H groups in total. The van der Waals surface area contributed by atoms with E-state index in [9.17, 15) is 0 Å². The molecule has 62 heavy (non-hydrogen) atoms. The molecule has 4 nitrogen and oxygen atoms in total. The first-order valence-corrected chi connectivity index (χ1v) is 22.4. The van der Waals surface area contributed by atoms with Crippen molar-refractivity contribution < 1.29 is 0 Å². The van der Waals surface area contributed by atoms with Crippen LogP contribution in [0.1, 0.15) is 0 Å². The lowest BCUT2D eigenvalue weighted by molar-refractivity contribution is 1.18. The van der Waals surface area contributed by atoms with Crippen molar-refractivity contribution in [1.82, 2.24) is 19.1 Å². The van der Waals surface area contributed by atoms with E-state index < -0.39 is 0 Å². The highest BCUT2D eigenvalue weighted by molar-refractivity contribution is 7.22. The molecule has 0 bridgehead atoms. The first-order valence-electron chi connectivity index (χ1n) is 20.8. The van der Waals surface area contributed by atoms with Crippen molar-refractivity contribution >= 4 is 86.7 Å². The summed E-state index contributed by atoms with van der Waals surface area (Å²) in [7, 11) is 0. The van der Waals surface area contributed by atoms with Crippen molar-refractivity contribution in [3.63, 3.8) is 0 Å². The van der Waals surface area contributed by atoms with Gasteiger partial charge in [0.2, 0.25) is 0 Å². The Bertz CT molecular complexity index is 3530. The van der Waals surface area contributed by atoms with Gasteiger partial charge < -0.3 is 9.13 Å². The number of rotatable bonds is 6. The fourth-order valence-electron chi connectivity index (χ4n) is 9.22. The Kier molecular flexibility index (Phi) is 7.92. The van der Waals surface area contributed by atoms with E-state index in [2.05, 4.69) is 215 Å². The van der Waals surface area contributed by atoms with Gasteiger partial charge in [0.05, 0.1) is 42.5 Å². The zero-order valence-corrected chi connectivity index (χ0v) is 34.9. The first kappa shape index (κ1) is 35.1. The van der Waals surface area contributed by atoms with Crippen LogP contribution in [0.3, 0.4) is 0 Å². The van der Waals surface area contributed by atoms with Gasteiger partial charge >= 0.3 is 0 Å². The summed E-state index contributed by atoms with van der Waals surface area (Å²) in [5.74, 6) is 0. The molecule has 0 radical (unpaired) electrons. The fraction of sp³-hybridized carbons (Fsp3) is 0. The summed E-state index contributed by atoms with van der Waals surface area (Å²) < 4.78 is 7.18. The van der Waals surface area contributed by atoms with Gasteiger partial charge in [-0.3, -0.25) is 0 Å². The maximum Gasteiger partial charge on any atom is 0.124 e. The third kappa shape index (κ3) is 5.65. The van der Waals surface area contributed by atoms with Crippen LogP contribution in [0.15, 0.2) is 206 Å². The third-order valence-corrected chi connectivity index (χ3v) is 14.4. The molecule has 0 fully saturated rings. The molecule has 0 unspecified atom stereocenters. The van der Waals surface area contributed by atoms with Crippen molar-refractivity contribution in [2.45, 2.75) is 0 Å². The van der Waals surface area contributed by atoms with Gasteiger partial charge in [0, 0.05) is 44.0 Å². The van der Waals surface area contributed by atoms with Crippen LogP contribution in [-0.4, -0.2) is 19.1 Å². The molecular formula is C56H34N4S2. The highest BCUT2D eigenvalue weighted by atomic mass is 32.1. The second-order valence-corrected chi connectivity index (χ2v) is 17.9. The van der Waals surface area contributed by atoms with Crippen LogP contribution < -0.4 is 0 Å². The maximum absolute atomic E-state index is 4.95. The van der Waals surface area contributed by atoms with Gasteiger partial charge in [-0.05, 0) is 119 Å². The standard InChI is InChI=1S/C56H34N4S2/c1-5-13-49-43(9-1)45-33-39(55-57-47-11-3-7-15-53(47)61-55)25-31-51(45)59(49)41-27-21-37(22-28-41)35-17-19-36(20-18-35)38-23-29-42(30-24-38)60-50-14-6-2-10-44(50)46-34-40(26-32-52(46)60)56-58-48-12-4-8-16-54(48)62-56/h1-34H. The quantitative estimate of drug-likeness (QED) is 0.167. The Morgan fingerprint density at radius 3 is 1.05 bits per heavy atom. The number of thiazole rings is 2. The number of hydrogen-bond donors (Lipinski definition) is 0. The summed E-state index contributed by atoms with van der Waals surface area (Å²) in [5, 5.41) is 7.04. The van der Waals surface area contributed by atoms with Crippen LogP contribution >= 0.6 is 22.7 Å². The molecule has 13 aromatic rings. The Morgan fingerprint density at radius 1 is 0.290 bits per heavy atom. The maximum atomic E-state index is 4.95. The molecule has 9 aromatic carbocycles. The van der Waals surface area contributed by atoms with E-state index in [1.165, 1.54) is 75.3 Å². The van der Waals surface area contributed by atoms with Crippen LogP contribution in [0.25, 0.3) is 119 Å². The monoisotopic (exact) mass is 826 g/mol. The lowest BCUT2D eigenvalue weighted by Gasteiger charge is -2.11. The second-order valence-electron chi connectivity index (χ2n) is 15.8. The summed E-state index contributed by atoms with van der Waals surface area (Å²) >= 11 is 3.49. The molecule has 13 rings (SSSR count). The Balaban J connectivity index is 0.787. The number of benzene rings is 9. The van der Waals surface area contributed by atoms with Gasteiger partial charge in [-0.15, -0.1) is 22.7 Å². The number of fused-ring (bicyclic) bond motifs is 8. The zero-order chi connectivity index (χ0) is 40.7. The number of hydrogen-bond acceptors (Lipinski definition) is 4. The second kappa shape index (κ2) is 14.0. The molecule has 0 aliphatic heterocycles. The molecular weight excluding hydrogens is 793 g/mol. The average Bonchev–Trinajstić information content (AvgIpc) is 4.12. The summed E-state index contributed by atoms with van der Waals surface area (Å²) in [4.78, 5) is 9.90. The molecule has 6 heteroatoms. The highest BCUT2D eigenvalue weighted by Crippen LogP contribution is 2.40. The minimum absolute atomic E-state index is 1.05. The van der Waals surface area contributed by atoms with Crippen molar-refractivity contribution in [3.8, 4) is 54.8 Å². The third-order valence-electron chi connectivity index (χ3n) is 12.2. The number of aromatic nitrogens is 4. The summed E-state index contributed by atoms with van der Waals surface area (Å²) in [5.41, 5.74) is 16.2. The van der Waals surface area contributed by atoms with E-state index in [0.717, 1.165) is 43.6 Å². The molecule has 0 amide bonds. The van der Waals surface area contributed by atoms with Gasteiger partial charge in [0.1, 0.15) is 10.0 Å². The van der Waals surface area contributed by atoms with Crippen LogP contribution in [0.2, 0.25) is 0 Å². The van der Waals surface area contributed by atoms with E-state index in [1.54, 1.807) is 22.7 Å². The van der Waals surface area contributed by atoms with Crippen LogP contribution in [0.5, 0.6) is 0 Å². The number of para-hydroxylation sites is 4. The van der Waals surface area contributed by atoms with E-state index in [4.69, 9.17) is 9.97 Å². The molecule has 0 saturated heterocycles. The van der Waals surface area contributed by atoms with Crippen molar-refractivity contribution in [2.75, 3.05) is 0 Å². The molecule has 4 heterocycles. The molecule has 0 aliphatic carbocycles. The Morgan fingerprint density at radius 2 is 0.629 bits per heavy atom. The van der Waals surface area contributed by atoms with Crippen molar-refractivity contribution in [1.29, 1.82) is 0 Å². The highest BCUT2D eigenvalue weighted by Gasteiger charge is 2.17. The molecule has 290 valence electrons. The molecule has 0 aliphatic rings. The lowest BCUT2D eigenvalue weighted by atomic mass is 10.00. The minimum atomic E-state index is 1.05. The molecule has 4 aromatic heterocycles. The fourth-order valence-corrected chi connectivity index (χ4v) is 11.1. The lowest BCUT2D eigenvalue weighted by Crippen LogP contribution is -1.94. The summed E-state index contributed by atoms with van der Waals surface area (Å²) in [6.45, 7) is 0. The van der Waals surface area contributed by atoms with Gasteiger partial charge in [0.25, 0.3) is 0 Å². The number of nitrogens with zero attached hydrogens (tertiary/aromatic N) is 4. The Labute approximate surface area is 364 Å². The predicted octanol–water partition coefficient (Wildman–Crippen LogP) is 15.8. The van der Waals surface area contributed by atoms with Crippen molar-refractivity contribution in [2.24, 2.45) is 0 Å². The minimum Gasteiger partial charge on any atom is -0.309 e. The topological polar surface area (TPSA) is 35.6 Å². The molecule has 0 saturated carbocycles. The van der Waals surface area contributed by atoms with Crippen LogP contribution in [0, 0.1) is 0 Å². The molecule has 0 spiro atoms.